The second-order valence-corrected chi connectivity index (χ2v) is 3.59. The highest BCUT2D eigenvalue weighted by molar-refractivity contribution is 5.68. The summed E-state index contributed by atoms with van der Waals surface area (Å²) in [6.07, 6.45) is -0.742. The Bertz CT molecular complexity index is 349. The van der Waals surface area contributed by atoms with Gasteiger partial charge in [-0.15, -0.1) is 0 Å². The molecule has 0 unspecified atom stereocenters. The van der Waals surface area contributed by atoms with E-state index >= 15 is 0 Å². The van der Waals surface area contributed by atoms with E-state index in [1.165, 1.54) is 0 Å². The number of carbonyl (C=O) groups is 2. The zero-order valence-corrected chi connectivity index (χ0v) is 9.92. The molecule has 0 aliphatic carbocycles. The molecule has 0 spiro atoms. The van der Waals surface area contributed by atoms with Crippen LogP contribution in [0.15, 0.2) is 30.3 Å². The van der Waals surface area contributed by atoms with Crippen LogP contribution in [-0.4, -0.2) is 17.2 Å². The molecule has 0 bridgehead atoms. The molecule has 1 aromatic rings. The van der Waals surface area contributed by atoms with Gasteiger partial charge in [0, 0.05) is 0 Å². The van der Waals surface area contributed by atoms with Crippen LogP contribution in [0.1, 0.15) is 19.4 Å². The molecule has 1 rings (SSSR count). The summed E-state index contributed by atoms with van der Waals surface area (Å²) in [6, 6.07) is 9.37. The lowest BCUT2D eigenvalue weighted by Gasteiger charge is -1.99. The molecule has 0 saturated carbocycles. The maximum absolute atomic E-state index is 10.2. The first-order valence-electron chi connectivity index (χ1n) is 5.12. The number of rotatable bonds is 3. The predicted octanol–water partition coefficient (Wildman–Crippen LogP) is 2.01. The molecule has 1 amide bonds. The van der Waals surface area contributed by atoms with Crippen LogP contribution in [0, 0.1) is 5.92 Å². The first-order chi connectivity index (χ1) is 7.93. The number of nitrogens with two attached hydrogens (primary N) is 1. The van der Waals surface area contributed by atoms with Crippen molar-refractivity contribution in [2.45, 2.75) is 20.5 Å². The number of benzene rings is 1. The molecule has 0 aromatic heterocycles. The fraction of sp³-hybridized carbons (Fsp3) is 0.333. The number of hydrogen-bond acceptors (Lipinski definition) is 3. The average molecular weight is 239 g/mol. The van der Waals surface area contributed by atoms with Gasteiger partial charge in [0.05, 0.1) is 5.92 Å². The van der Waals surface area contributed by atoms with E-state index in [9.17, 15) is 9.59 Å². The van der Waals surface area contributed by atoms with Crippen molar-refractivity contribution in [3.05, 3.63) is 35.9 Å². The van der Waals surface area contributed by atoms with Crippen molar-refractivity contribution in [3.8, 4) is 0 Å². The van der Waals surface area contributed by atoms with Crippen LogP contribution >= 0.6 is 0 Å². The number of carboxylic acid groups (broad SMARTS) is 1. The molecular weight excluding hydrogens is 222 g/mol. The van der Waals surface area contributed by atoms with Gasteiger partial charge in [0.15, 0.2) is 0 Å². The third kappa shape index (κ3) is 8.92. The highest BCUT2D eigenvalue weighted by Gasteiger charge is 1.99. The molecule has 0 aliphatic heterocycles. The van der Waals surface area contributed by atoms with Crippen LogP contribution in [0.4, 0.5) is 4.79 Å². The third-order valence-corrected chi connectivity index (χ3v) is 1.72. The fourth-order valence-corrected chi connectivity index (χ4v) is 0.729. The van der Waals surface area contributed by atoms with Gasteiger partial charge in [0.1, 0.15) is 6.61 Å². The van der Waals surface area contributed by atoms with Gasteiger partial charge >= 0.3 is 12.1 Å². The van der Waals surface area contributed by atoms with Crippen LogP contribution in [0.3, 0.4) is 0 Å². The average Bonchev–Trinajstić information content (AvgIpc) is 2.28. The first-order valence-corrected chi connectivity index (χ1v) is 5.12. The minimum Gasteiger partial charge on any atom is -0.481 e. The molecule has 5 heteroatoms. The first kappa shape index (κ1) is 15.0. The number of carbonyl (C=O) groups excluding carboxylic acids is 1. The Hall–Kier alpha value is -2.04. The smallest absolute Gasteiger partial charge is 0.404 e. The molecule has 0 fully saturated rings. The van der Waals surface area contributed by atoms with E-state index in [2.05, 4.69) is 4.74 Å². The van der Waals surface area contributed by atoms with Crippen molar-refractivity contribution in [1.82, 2.24) is 0 Å². The monoisotopic (exact) mass is 239 g/mol. The number of primary amides is 1. The quantitative estimate of drug-likeness (QED) is 0.844. The van der Waals surface area contributed by atoms with E-state index in [-0.39, 0.29) is 12.5 Å². The van der Waals surface area contributed by atoms with Crippen LogP contribution in [-0.2, 0) is 16.1 Å². The number of aliphatic carboxylic acids is 1. The molecule has 3 N–H and O–H groups in total. The lowest BCUT2D eigenvalue weighted by Crippen LogP contribution is -2.12. The van der Waals surface area contributed by atoms with Gasteiger partial charge in [-0.05, 0) is 5.56 Å². The summed E-state index contributed by atoms with van der Waals surface area (Å²) in [4.78, 5) is 19.9. The highest BCUT2D eigenvalue weighted by atomic mass is 16.5. The van der Waals surface area contributed by atoms with Crippen molar-refractivity contribution >= 4 is 12.1 Å². The highest BCUT2D eigenvalue weighted by Crippen LogP contribution is 1.99. The molecule has 94 valence electrons. The van der Waals surface area contributed by atoms with Gasteiger partial charge in [-0.2, -0.15) is 0 Å². The summed E-state index contributed by atoms with van der Waals surface area (Å²) in [5.74, 6) is -0.972. The van der Waals surface area contributed by atoms with Crippen LogP contribution < -0.4 is 5.73 Å². The standard InChI is InChI=1S/C8H9NO2.C4H8O2/c9-8(10)11-6-7-4-2-1-3-5-7;1-3(2)4(5)6/h1-5H,6H2,(H2,9,10);3H,1-2H3,(H,5,6). The number of carboxylic acids is 1. The normalized spacial score (nSPS) is 9.12. The van der Waals surface area contributed by atoms with Crippen molar-refractivity contribution in [2.24, 2.45) is 11.7 Å². The Kier molecular flexibility index (Phi) is 7.17. The minimum absolute atomic E-state index is 0.231. The summed E-state index contributed by atoms with van der Waals surface area (Å²) in [5, 5.41) is 7.99. The predicted molar refractivity (Wildman–Crippen MR) is 63.3 cm³/mol. The largest absolute Gasteiger partial charge is 0.481 e. The van der Waals surface area contributed by atoms with E-state index in [1.807, 2.05) is 30.3 Å². The molecule has 0 aliphatic rings. The molecule has 0 radical (unpaired) electrons. The van der Waals surface area contributed by atoms with Crippen LogP contribution in [0.5, 0.6) is 0 Å². The van der Waals surface area contributed by atoms with Crippen LogP contribution in [0.25, 0.3) is 0 Å². The lowest BCUT2D eigenvalue weighted by molar-refractivity contribution is -0.140. The Balaban J connectivity index is 0.000000366. The van der Waals surface area contributed by atoms with E-state index in [4.69, 9.17) is 10.8 Å². The SMILES string of the molecule is CC(C)C(=O)O.NC(=O)OCc1ccccc1. The van der Waals surface area contributed by atoms with E-state index in [0.717, 1.165) is 5.56 Å². The minimum atomic E-state index is -0.742. The second-order valence-electron chi connectivity index (χ2n) is 3.59. The van der Waals surface area contributed by atoms with Crippen molar-refractivity contribution in [3.63, 3.8) is 0 Å². The van der Waals surface area contributed by atoms with Gasteiger partial charge < -0.3 is 15.6 Å². The zero-order valence-electron chi connectivity index (χ0n) is 9.92. The second kappa shape index (κ2) is 8.15. The number of amides is 1. The van der Waals surface area contributed by atoms with E-state index < -0.39 is 12.1 Å². The molecular formula is C12H17NO4. The third-order valence-electron chi connectivity index (χ3n) is 1.72. The number of ether oxygens (including phenoxy) is 1. The van der Waals surface area contributed by atoms with Gasteiger partial charge in [-0.25, -0.2) is 4.79 Å². The zero-order chi connectivity index (χ0) is 13.3. The topological polar surface area (TPSA) is 89.6 Å². The van der Waals surface area contributed by atoms with Crippen molar-refractivity contribution in [1.29, 1.82) is 0 Å². The maximum Gasteiger partial charge on any atom is 0.404 e. The summed E-state index contributed by atoms with van der Waals surface area (Å²) in [6.45, 7) is 3.53. The number of hydrogen-bond donors (Lipinski definition) is 2. The van der Waals surface area contributed by atoms with Gasteiger partial charge in [0.25, 0.3) is 0 Å². The lowest BCUT2D eigenvalue weighted by atomic mass is 10.2. The van der Waals surface area contributed by atoms with Gasteiger partial charge in [-0.1, -0.05) is 44.2 Å². The summed E-state index contributed by atoms with van der Waals surface area (Å²) in [5.41, 5.74) is 5.72. The van der Waals surface area contributed by atoms with Crippen LogP contribution in [0.2, 0.25) is 0 Å². The van der Waals surface area contributed by atoms with Crippen molar-refractivity contribution < 1.29 is 19.4 Å². The Labute approximate surface area is 100 Å². The molecule has 0 saturated heterocycles. The Morgan fingerprint density at radius 2 is 1.76 bits per heavy atom. The van der Waals surface area contributed by atoms with Gasteiger partial charge in [0.2, 0.25) is 0 Å². The maximum atomic E-state index is 10.2. The molecule has 5 nitrogen and oxygen atoms in total. The molecule has 1 aromatic carbocycles. The van der Waals surface area contributed by atoms with E-state index in [1.54, 1.807) is 13.8 Å². The molecule has 17 heavy (non-hydrogen) atoms. The molecule has 0 heterocycles. The fourth-order valence-electron chi connectivity index (χ4n) is 0.729. The van der Waals surface area contributed by atoms with Gasteiger partial charge in [-0.3, -0.25) is 4.79 Å². The summed E-state index contributed by atoms with van der Waals surface area (Å²) < 4.78 is 4.57. The Morgan fingerprint density at radius 3 is 2.12 bits per heavy atom. The van der Waals surface area contributed by atoms with E-state index in [0.29, 0.717) is 0 Å². The van der Waals surface area contributed by atoms with Crippen molar-refractivity contribution in [2.75, 3.05) is 0 Å². The summed E-state index contributed by atoms with van der Waals surface area (Å²) in [7, 11) is 0. The Morgan fingerprint density at radius 1 is 1.29 bits per heavy atom. The molecule has 0 atom stereocenters. The summed E-state index contributed by atoms with van der Waals surface area (Å²) >= 11 is 0.